The molecule has 164 valence electrons. The Balaban J connectivity index is 1.88. The van der Waals surface area contributed by atoms with Crippen LogP contribution in [0.25, 0.3) is 0 Å². The number of ether oxygens (including phenoxy) is 1. The molecule has 1 aliphatic carbocycles. The largest absolute Gasteiger partial charge is 0.451 e. The van der Waals surface area contributed by atoms with Gasteiger partial charge in [-0.1, -0.05) is 43.7 Å². The molecule has 1 aromatic rings. The Morgan fingerprint density at radius 2 is 1.74 bits per heavy atom. The second kappa shape index (κ2) is 7.04. The molecule has 31 heavy (non-hydrogen) atoms. The Morgan fingerprint density at radius 3 is 2.35 bits per heavy atom. The number of fused-ring (bicyclic) bond motifs is 2. The summed E-state index contributed by atoms with van der Waals surface area (Å²) in [6, 6.07) is 6.93. The highest BCUT2D eigenvalue weighted by atomic mass is 32.2. The highest BCUT2D eigenvalue weighted by Crippen LogP contribution is 2.53. The van der Waals surface area contributed by atoms with Crippen LogP contribution in [0.4, 0.5) is 0 Å². The molecule has 6 heteroatoms. The minimum absolute atomic E-state index is 0.263. The first-order chi connectivity index (χ1) is 14.4. The van der Waals surface area contributed by atoms with Crippen LogP contribution >= 0.6 is 0 Å². The van der Waals surface area contributed by atoms with Crippen molar-refractivity contribution < 1.29 is 17.9 Å². The predicted molar refractivity (Wildman–Crippen MR) is 121 cm³/mol. The number of rotatable bonds is 4. The van der Waals surface area contributed by atoms with Gasteiger partial charge in [0.2, 0.25) is 10.0 Å². The van der Waals surface area contributed by atoms with Crippen molar-refractivity contribution in [2.45, 2.75) is 51.5 Å². The zero-order valence-corrected chi connectivity index (χ0v) is 19.6. The summed E-state index contributed by atoms with van der Waals surface area (Å²) >= 11 is 0. The molecule has 1 fully saturated rings. The van der Waals surface area contributed by atoms with Gasteiger partial charge in [-0.25, -0.2) is 13.2 Å². The van der Waals surface area contributed by atoms with Crippen LogP contribution in [-0.2, 0) is 19.6 Å². The van der Waals surface area contributed by atoms with E-state index in [1.807, 2.05) is 32.9 Å². The van der Waals surface area contributed by atoms with Crippen molar-refractivity contribution in [3.8, 4) is 0 Å². The van der Waals surface area contributed by atoms with Gasteiger partial charge in [0.05, 0.1) is 4.90 Å². The normalized spacial score (nSPS) is 22.6. The van der Waals surface area contributed by atoms with E-state index in [1.165, 1.54) is 4.31 Å². The molecule has 1 saturated heterocycles. The summed E-state index contributed by atoms with van der Waals surface area (Å²) in [7, 11) is -3.64. The van der Waals surface area contributed by atoms with Crippen molar-refractivity contribution in [1.82, 2.24) is 4.31 Å². The van der Waals surface area contributed by atoms with Crippen molar-refractivity contribution in [3.63, 3.8) is 0 Å². The van der Waals surface area contributed by atoms with Crippen LogP contribution in [0, 0.1) is 12.3 Å². The summed E-state index contributed by atoms with van der Waals surface area (Å²) in [5, 5.41) is 0. The molecule has 2 aliphatic heterocycles. The maximum atomic E-state index is 13.4. The van der Waals surface area contributed by atoms with Crippen LogP contribution in [0.2, 0.25) is 0 Å². The third-order valence-electron chi connectivity index (χ3n) is 6.31. The SMILES string of the molecule is C=CCC1=C2C(=C3CN(S(=O)(=O)c4ccc(C)cc4)CC3=CC2(C)C)C(C)(C)OC1=O. The number of allylic oxidation sites excluding steroid dienone is 2. The number of benzene rings is 1. The molecule has 0 bridgehead atoms. The van der Waals surface area contributed by atoms with Gasteiger partial charge in [-0.2, -0.15) is 4.31 Å². The average molecular weight is 440 g/mol. The zero-order chi connectivity index (χ0) is 22.8. The van der Waals surface area contributed by atoms with Gasteiger partial charge in [0, 0.05) is 29.7 Å². The smallest absolute Gasteiger partial charge is 0.335 e. The van der Waals surface area contributed by atoms with E-state index >= 15 is 0 Å². The molecule has 0 saturated carbocycles. The van der Waals surface area contributed by atoms with Gasteiger partial charge >= 0.3 is 5.97 Å². The van der Waals surface area contributed by atoms with Crippen LogP contribution in [0.15, 0.2) is 75.8 Å². The van der Waals surface area contributed by atoms with Gasteiger partial charge < -0.3 is 4.74 Å². The molecule has 2 heterocycles. The molecule has 0 unspecified atom stereocenters. The number of aryl methyl sites for hydroxylation is 1. The van der Waals surface area contributed by atoms with E-state index in [1.54, 1.807) is 18.2 Å². The standard InChI is InChI=1S/C25H29NO4S/c1-7-8-19-21-22(25(5,6)30-23(19)27)20-15-26(14-17(20)13-24(21,3)4)31(28,29)18-11-9-16(2)10-12-18/h7,9-13H,1,8,14-15H2,2-6H3. The fourth-order valence-electron chi connectivity index (χ4n) is 4.98. The molecule has 0 N–H and O–H groups in total. The lowest BCUT2D eigenvalue weighted by Gasteiger charge is -2.44. The summed E-state index contributed by atoms with van der Waals surface area (Å²) in [4.78, 5) is 13.1. The first-order valence-electron chi connectivity index (χ1n) is 10.5. The van der Waals surface area contributed by atoms with Crippen LogP contribution in [0.3, 0.4) is 0 Å². The molecule has 0 aromatic heterocycles. The lowest BCUT2D eigenvalue weighted by molar-refractivity contribution is -0.150. The van der Waals surface area contributed by atoms with Gasteiger partial charge in [-0.05, 0) is 56.0 Å². The molecule has 5 nitrogen and oxygen atoms in total. The number of carbonyl (C=O) groups is 1. The quantitative estimate of drug-likeness (QED) is 0.513. The van der Waals surface area contributed by atoms with E-state index in [4.69, 9.17) is 4.74 Å². The summed E-state index contributed by atoms with van der Waals surface area (Å²) in [5.74, 6) is -0.323. The van der Waals surface area contributed by atoms with E-state index in [0.29, 0.717) is 23.4 Å². The number of cyclic esters (lactones) is 1. The van der Waals surface area contributed by atoms with Gasteiger partial charge in [0.25, 0.3) is 0 Å². The predicted octanol–water partition coefficient (Wildman–Crippen LogP) is 4.47. The van der Waals surface area contributed by atoms with E-state index in [0.717, 1.165) is 27.9 Å². The zero-order valence-electron chi connectivity index (χ0n) is 18.8. The second-order valence-corrected chi connectivity index (χ2v) is 11.5. The minimum atomic E-state index is -3.64. The number of nitrogens with zero attached hydrogens (tertiary/aromatic N) is 1. The number of hydrogen-bond donors (Lipinski definition) is 0. The lowest BCUT2D eigenvalue weighted by atomic mass is 9.65. The molecule has 0 spiro atoms. The highest BCUT2D eigenvalue weighted by Gasteiger charge is 2.49. The molecule has 1 aromatic carbocycles. The second-order valence-electron chi connectivity index (χ2n) is 9.58. The van der Waals surface area contributed by atoms with Crippen LogP contribution < -0.4 is 0 Å². The van der Waals surface area contributed by atoms with Crippen LogP contribution in [0.5, 0.6) is 0 Å². The topological polar surface area (TPSA) is 63.7 Å². The van der Waals surface area contributed by atoms with Gasteiger partial charge in [-0.15, -0.1) is 6.58 Å². The first-order valence-corrected chi connectivity index (χ1v) is 11.9. The third-order valence-corrected chi connectivity index (χ3v) is 8.11. The summed E-state index contributed by atoms with van der Waals surface area (Å²) in [6.45, 7) is 14.2. The van der Waals surface area contributed by atoms with E-state index in [-0.39, 0.29) is 12.5 Å². The van der Waals surface area contributed by atoms with Gasteiger partial charge in [0.1, 0.15) is 5.60 Å². The van der Waals surface area contributed by atoms with Crippen LogP contribution in [0.1, 0.15) is 39.7 Å². The molecular weight excluding hydrogens is 410 g/mol. The molecular formula is C25H29NO4S. The summed E-state index contributed by atoms with van der Waals surface area (Å²) in [5.41, 5.74) is 4.18. The van der Waals surface area contributed by atoms with E-state index < -0.39 is 21.0 Å². The fourth-order valence-corrected chi connectivity index (χ4v) is 6.37. The van der Waals surface area contributed by atoms with Gasteiger partial charge in [0.15, 0.2) is 0 Å². The van der Waals surface area contributed by atoms with Crippen molar-refractivity contribution in [1.29, 1.82) is 0 Å². The Hall–Kier alpha value is -2.44. The summed E-state index contributed by atoms with van der Waals surface area (Å²) < 4.78 is 34.1. The Labute approximate surface area is 184 Å². The molecule has 0 atom stereocenters. The highest BCUT2D eigenvalue weighted by molar-refractivity contribution is 7.89. The molecule has 0 amide bonds. The Kier molecular flexibility index (Phi) is 4.94. The maximum Gasteiger partial charge on any atom is 0.335 e. The maximum absolute atomic E-state index is 13.4. The monoisotopic (exact) mass is 439 g/mol. The minimum Gasteiger partial charge on any atom is -0.451 e. The van der Waals surface area contributed by atoms with Crippen molar-refractivity contribution in [2.24, 2.45) is 5.41 Å². The third kappa shape index (κ3) is 3.42. The lowest BCUT2D eigenvalue weighted by Crippen LogP contribution is -2.42. The first kappa shape index (κ1) is 21.8. The Bertz CT molecular complexity index is 1180. The van der Waals surface area contributed by atoms with Crippen molar-refractivity contribution in [2.75, 3.05) is 13.1 Å². The van der Waals surface area contributed by atoms with Crippen molar-refractivity contribution >= 4 is 16.0 Å². The number of esters is 1. The Morgan fingerprint density at radius 1 is 1.10 bits per heavy atom. The molecule has 3 aliphatic rings. The van der Waals surface area contributed by atoms with E-state index in [2.05, 4.69) is 26.5 Å². The number of sulfonamides is 1. The van der Waals surface area contributed by atoms with Crippen molar-refractivity contribution in [3.05, 3.63) is 76.4 Å². The fraction of sp³-hybridized carbons (Fsp3) is 0.400. The number of carbonyl (C=O) groups excluding carboxylic acids is 1. The number of hydrogen-bond acceptors (Lipinski definition) is 4. The van der Waals surface area contributed by atoms with Gasteiger partial charge in [-0.3, -0.25) is 0 Å². The molecule has 0 radical (unpaired) electrons. The average Bonchev–Trinajstić information content (AvgIpc) is 3.07. The van der Waals surface area contributed by atoms with Crippen LogP contribution in [-0.4, -0.2) is 37.4 Å². The van der Waals surface area contributed by atoms with E-state index in [9.17, 15) is 13.2 Å². The summed E-state index contributed by atoms with van der Waals surface area (Å²) in [6.07, 6.45) is 4.24. The molecule has 4 rings (SSSR count).